The predicted molar refractivity (Wildman–Crippen MR) is 97.5 cm³/mol. The second kappa shape index (κ2) is 7.36. The van der Waals surface area contributed by atoms with E-state index in [4.69, 9.17) is 20.8 Å². The van der Waals surface area contributed by atoms with E-state index >= 15 is 0 Å². The molecule has 0 amide bonds. The first-order chi connectivity index (χ1) is 12.0. The van der Waals surface area contributed by atoms with Crippen LogP contribution < -0.4 is 5.63 Å². The molecule has 3 aromatic rings. The Balaban J connectivity index is 1.74. The van der Waals surface area contributed by atoms with Gasteiger partial charge in [0, 0.05) is 28.1 Å². The fraction of sp³-hybridized carbons (Fsp3) is 0.100. The summed E-state index contributed by atoms with van der Waals surface area (Å²) >= 11 is 5.89. The zero-order valence-electron chi connectivity index (χ0n) is 13.5. The lowest BCUT2D eigenvalue weighted by molar-refractivity contribution is -0.138. The van der Waals surface area contributed by atoms with Gasteiger partial charge in [0.15, 0.2) is 0 Å². The highest BCUT2D eigenvalue weighted by molar-refractivity contribution is 6.30. The maximum atomic E-state index is 11.9. The molecule has 126 valence electrons. The summed E-state index contributed by atoms with van der Waals surface area (Å²) in [5.41, 5.74) is 2.39. The van der Waals surface area contributed by atoms with Gasteiger partial charge < -0.3 is 9.15 Å². The van der Waals surface area contributed by atoms with E-state index in [9.17, 15) is 9.59 Å². The first-order valence-corrected chi connectivity index (χ1v) is 8.03. The lowest BCUT2D eigenvalue weighted by Gasteiger charge is -2.06. The van der Waals surface area contributed by atoms with Gasteiger partial charge in [0.1, 0.15) is 12.2 Å². The highest BCUT2D eigenvalue weighted by atomic mass is 35.5. The number of carbonyl (C=O) groups excluding carboxylic acids is 1. The average Bonchev–Trinajstić information content (AvgIpc) is 2.57. The molecule has 0 aliphatic carbocycles. The van der Waals surface area contributed by atoms with Crippen molar-refractivity contribution >= 4 is 34.6 Å². The van der Waals surface area contributed by atoms with E-state index in [1.54, 1.807) is 30.3 Å². The van der Waals surface area contributed by atoms with E-state index in [0.29, 0.717) is 16.2 Å². The van der Waals surface area contributed by atoms with Gasteiger partial charge in [0.05, 0.1) is 0 Å². The summed E-state index contributed by atoms with van der Waals surface area (Å²) in [5, 5.41) is 1.34. The Hall–Kier alpha value is -2.85. The zero-order valence-corrected chi connectivity index (χ0v) is 14.2. The summed E-state index contributed by atoms with van der Waals surface area (Å²) in [5.74, 6) is -0.506. The van der Waals surface area contributed by atoms with Crippen molar-refractivity contribution in [3.05, 3.63) is 86.7 Å². The normalized spacial score (nSPS) is 11.1. The van der Waals surface area contributed by atoms with Crippen LogP contribution in [0.4, 0.5) is 0 Å². The van der Waals surface area contributed by atoms with E-state index in [1.165, 1.54) is 12.1 Å². The van der Waals surface area contributed by atoms with E-state index in [2.05, 4.69) is 0 Å². The van der Waals surface area contributed by atoms with Crippen LogP contribution in [0, 0.1) is 6.92 Å². The van der Waals surface area contributed by atoms with Crippen molar-refractivity contribution in [1.29, 1.82) is 0 Å². The molecule has 0 saturated heterocycles. The number of ether oxygens (including phenoxy) is 1. The topological polar surface area (TPSA) is 56.5 Å². The second-order valence-corrected chi connectivity index (χ2v) is 6.02. The van der Waals surface area contributed by atoms with E-state index < -0.39 is 11.6 Å². The zero-order chi connectivity index (χ0) is 17.8. The van der Waals surface area contributed by atoms with Crippen molar-refractivity contribution in [3.63, 3.8) is 0 Å². The number of rotatable bonds is 4. The lowest BCUT2D eigenvalue weighted by atomic mass is 10.1. The fourth-order valence-corrected chi connectivity index (χ4v) is 2.63. The quantitative estimate of drug-likeness (QED) is 0.393. The molecule has 4 nitrogen and oxygen atoms in total. The maximum Gasteiger partial charge on any atom is 0.336 e. The minimum Gasteiger partial charge on any atom is -0.458 e. The molecule has 0 saturated carbocycles. The molecule has 0 fully saturated rings. The molecule has 25 heavy (non-hydrogen) atoms. The Labute approximate surface area is 149 Å². The minimum absolute atomic E-state index is 0.0100. The molecule has 5 heteroatoms. The average molecular weight is 355 g/mol. The SMILES string of the molecule is Cc1ccc2c(COC(=O)C=Cc3cccc(Cl)c3)cc(=O)oc2c1. The van der Waals surface area contributed by atoms with Gasteiger partial charge in [-0.3, -0.25) is 0 Å². The molecular weight excluding hydrogens is 340 g/mol. The van der Waals surface area contributed by atoms with Gasteiger partial charge in [0.2, 0.25) is 0 Å². The van der Waals surface area contributed by atoms with E-state index in [-0.39, 0.29) is 6.61 Å². The van der Waals surface area contributed by atoms with Crippen LogP contribution >= 0.6 is 11.6 Å². The number of halogens is 1. The van der Waals surface area contributed by atoms with Crippen molar-refractivity contribution in [2.75, 3.05) is 0 Å². The van der Waals surface area contributed by atoms with Crippen LogP contribution in [-0.2, 0) is 16.1 Å². The molecule has 0 aliphatic heterocycles. The molecular formula is C20H15ClO4. The van der Waals surface area contributed by atoms with Crippen LogP contribution in [0.3, 0.4) is 0 Å². The third kappa shape index (κ3) is 4.37. The molecule has 0 N–H and O–H groups in total. The number of hydrogen-bond donors (Lipinski definition) is 0. The maximum absolute atomic E-state index is 11.9. The number of benzene rings is 2. The molecule has 0 unspecified atom stereocenters. The Morgan fingerprint density at radius 2 is 2.04 bits per heavy atom. The molecule has 0 aliphatic rings. The minimum atomic E-state index is -0.506. The molecule has 3 rings (SSSR count). The van der Waals surface area contributed by atoms with Crippen molar-refractivity contribution in [1.82, 2.24) is 0 Å². The number of fused-ring (bicyclic) bond motifs is 1. The van der Waals surface area contributed by atoms with Crippen LogP contribution in [0.1, 0.15) is 16.7 Å². The number of aryl methyl sites for hydroxylation is 1. The van der Waals surface area contributed by atoms with Gasteiger partial charge in [-0.15, -0.1) is 0 Å². The van der Waals surface area contributed by atoms with Crippen molar-refractivity contribution in [2.24, 2.45) is 0 Å². The number of hydrogen-bond acceptors (Lipinski definition) is 4. The molecule has 0 radical (unpaired) electrons. The van der Waals surface area contributed by atoms with Crippen LogP contribution in [0.15, 0.2) is 63.8 Å². The summed E-state index contributed by atoms with van der Waals surface area (Å²) in [6, 6.07) is 14.0. The Morgan fingerprint density at radius 1 is 1.20 bits per heavy atom. The smallest absolute Gasteiger partial charge is 0.336 e. The standard InChI is InChI=1S/C20H15ClO4/c1-13-5-7-17-15(11-20(23)25-18(17)9-13)12-24-19(22)8-6-14-3-2-4-16(21)10-14/h2-11H,12H2,1H3. The van der Waals surface area contributed by atoms with Crippen molar-refractivity contribution < 1.29 is 13.9 Å². The summed E-state index contributed by atoms with van der Waals surface area (Å²) in [6.45, 7) is 1.90. The third-order valence-corrected chi connectivity index (χ3v) is 3.85. The highest BCUT2D eigenvalue weighted by Crippen LogP contribution is 2.19. The van der Waals surface area contributed by atoms with Gasteiger partial charge in [-0.1, -0.05) is 35.9 Å². The van der Waals surface area contributed by atoms with Gasteiger partial charge in [-0.2, -0.15) is 0 Å². The monoisotopic (exact) mass is 354 g/mol. The Kier molecular flexibility index (Phi) is 5.00. The lowest BCUT2D eigenvalue weighted by Crippen LogP contribution is -2.05. The van der Waals surface area contributed by atoms with Gasteiger partial charge >= 0.3 is 11.6 Å². The third-order valence-electron chi connectivity index (χ3n) is 3.62. The summed E-state index contributed by atoms with van der Waals surface area (Å²) in [6.07, 6.45) is 2.94. The van der Waals surface area contributed by atoms with Crippen LogP contribution in [0.5, 0.6) is 0 Å². The van der Waals surface area contributed by atoms with Crippen molar-refractivity contribution in [3.8, 4) is 0 Å². The number of carbonyl (C=O) groups is 1. The van der Waals surface area contributed by atoms with Gasteiger partial charge in [0.25, 0.3) is 0 Å². The first-order valence-electron chi connectivity index (χ1n) is 7.65. The Bertz CT molecular complexity index is 1020. The van der Waals surface area contributed by atoms with Crippen LogP contribution in [0.25, 0.3) is 17.0 Å². The summed E-state index contributed by atoms with van der Waals surface area (Å²) in [7, 11) is 0. The Morgan fingerprint density at radius 3 is 2.84 bits per heavy atom. The number of esters is 1. The van der Waals surface area contributed by atoms with E-state index in [0.717, 1.165) is 16.5 Å². The summed E-state index contributed by atoms with van der Waals surface area (Å²) < 4.78 is 10.4. The van der Waals surface area contributed by atoms with Crippen molar-refractivity contribution in [2.45, 2.75) is 13.5 Å². The largest absolute Gasteiger partial charge is 0.458 e. The summed E-state index contributed by atoms with van der Waals surface area (Å²) in [4.78, 5) is 23.6. The van der Waals surface area contributed by atoms with Gasteiger partial charge in [-0.25, -0.2) is 9.59 Å². The first kappa shape index (κ1) is 17.0. The molecule has 0 spiro atoms. The van der Waals surface area contributed by atoms with Crippen LogP contribution in [0.2, 0.25) is 5.02 Å². The highest BCUT2D eigenvalue weighted by Gasteiger charge is 2.08. The molecule has 0 bridgehead atoms. The fourth-order valence-electron chi connectivity index (χ4n) is 2.43. The molecule has 1 aromatic heterocycles. The molecule has 0 atom stereocenters. The van der Waals surface area contributed by atoms with Gasteiger partial charge in [-0.05, 0) is 42.3 Å². The molecule has 1 heterocycles. The van der Waals surface area contributed by atoms with Crippen LogP contribution in [-0.4, -0.2) is 5.97 Å². The second-order valence-electron chi connectivity index (χ2n) is 5.59. The van der Waals surface area contributed by atoms with E-state index in [1.807, 2.05) is 25.1 Å². The predicted octanol–water partition coefficient (Wildman–Crippen LogP) is 4.51. The molecule has 2 aromatic carbocycles.